The van der Waals surface area contributed by atoms with E-state index >= 15 is 0 Å². The van der Waals surface area contributed by atoms with E-state index in [9.17, 15) is 0 Å². The van der Waals surface area contributed by atoms with Gasteiger partial charge in [0.1, 0.15) is 24.3 Å². The maximum absolute atomic E-state index is 5.45. The Morgan fingerprint density at radius 3 is 1.90 bits per heavy atom. The summed E-state index contributed by atoms with van der Waals surface area (Å²) in [5.74, 6) is 0.851. The van der Waals surface area contributed by atoms with E-state index in [0.717, 1.165) is 33.9 Å². The van der Waals surface area contributed by atoms with Gasteiger partial charge in [-0.05, 0) is 42.0 Å². The molecule has 0 aliphatic carbocycles. The minimum atomic E-state index is -0.233. The molecule has 0 spiro atoms. The van der Waals surface area contributed by atoms with Crippen LogP contribution in [0.4, 0.5) is 0 Å². The fourth-order valence-corrected chi connectivity index (χ4v) is 7.65. The number of nitrogens with one attached hydrogen (secondary N) is 2. The Labute approximate surface area is 283 Å². The van der Waals surface area contributed by atoms with Gasteiger partial charge in [0.25, 0.3) is 0 Å². The van der Waals surface area contributed by atoms with Crippen molar-refractivity contribution in [2.45, 2.75) is 18.5 Å². The van der Waals surface area contributed by atoms with Gasteiger partial charge in [-0.1, -0.05) is 127 Å². The van der Waals surface area contributed by atoms with Crippen molar-refractivity contribution in [3.05, 3.63) is 175 Å². The van der Waals surface area contributed by atoms with Crippen LogP contribution in [0.3, 0.4) is 0 Å². The maximum atomic E-state index is 5.45. The topological polar surface area (TPSA) is 58.6 Å². The smallest absolute Gasteiger partial charge is 0.145 e. The first kappa shape index (κ1) is 27.8. The van der Waals surface area contributed by atoms with Gasteiger partial charge in [-0.25, -0.2) is 4.99 Å². The lowest BCUT2D eigenvalue weighted by molar-refractivity contribution is 0.468. The molecule has 8 aromatic rings. The second kappa shape index (κ2) is 11.2. The molecule has 3 atom stereocenters. The van der Waals surface area contributed by atoms with Crippen LogP contribution < -0.4 is 10.6 Å². The number of benzene rings is 6. The van der Waals surface area contributed by atoms with E-state index in [2.05, 4.69) is 171 Å². The van der Waals surface area contributed by atoms with Crippen molar-refractivity contribution in [3.8, 4) is 5.69 Å². The van der Waals surface area contributed by atoms with Gasteiger partial charge < -0.3 is 14.5 Å². The fraction of sp³-hybridized carbons (Fsp3) is 0.0698. The van der Waals surface area contributed by atoms with Gasteiger partial charge in [0, 0.05) is 32.8 Å². The van der Waals surface area contributed by atoms with E-state index in [-0.39, 0.29) is 18.5 Å². The minimum Gasteiger partial charge on any atom is -0.349 e. The summed E-state index contributed by atoms with van der Waals surface area (Å²) >= 11 is 0. The first-order chi connectivity index (χ1) is 24.3. The predicted molar refractivity (Wildman–Crippen MR) is 202 cm³/mol. The molecule has 3 unspecified atom stereocenters. The standard InChI is InChI=1S/C43H32N6/c1-4-14-28(15-5-1)41-45-42(29-16-6-2-7-17-29)47-43(46-41)35-26-27-38(44-35)49-37-23-13-11-21-32(37)34-25-24-33-31-20-10-12-22-36(31)48(39(33)40(34)49)30-18-8-3-9-19-30/h1-27,38,41,43,46H,(H,45,47). The fourth-order valence-electron chi connectivity index (χ4n) is 7.65. The summed E-state index contributed by atoms with van der Waals surface area (Å²) in [6.07, 6.45) is 3.71. The molecule has 0 fully saturated rings. The Balaban J connectivity index is 1.16. The molecular weight excluding hydrogens is 601 g/mol. The summed E-state index contributed by atoms with van der Waals surface area (Å²) in [7, 11) is 0. The second-order valence-electron chi connectivity index (χ2n) is 12.7. The molecule has 49 heavy (non-hydrogen) atoms. The molecule has 2 aliphatic heterocycles. The number of hydrogen-bond donors (Lipinski definition) is 2. The molecule has 6 nitrogen and oxygen atoms in total. The monoisotopic (exact) mass is 632 g/mol. The average Bonchev–Trinajstić information content (AvgIpc) is 3.89. The molecule has 2 aliphatic rings. The van der Waals surface area contributed by atoms with Crippen LogP contribution in [0.25, 0.3) is 49.3 Å². The van der Waals surface area contributed by atoms with Crippen LogP contribution in [0.2, 0.25) is 0 Å². The van der Waals surface area contributed by atoms with E-state index in [0.29, 0.717) is 0 Å². The molecule has 4 heterocycles. The molecule has 0 amide bonds. The number of hydrogen-bond acceptors (Lipinski definition) is 4. The summed E-state index contributed by atoms with van der Waals surface area (Å²) < 4.78 is 4.85. The predicted octanol–water partition coefficient (Wildman–Crippen LogP) is 9.07. The Hall–Kier alpha value is -6.24. The highest BCUT2D eigenvalue weighted by Crippen LogP contribution is 2.42. The third-order valence-corrected chi connectivity index (χ3v) is 9.83. The Bertz CT molecular complexity index is 2610. The molecule has 2 N–H and O–H groups in total. The zero-order chi connectivity index (χ0) is 32.3. The second-order valence-corrected chi connectivity index (χ2v) is 12.7. The molecule has 10 rings (SSSR count). The molecule has 0 saturated carbocycles. The third-order valence-electron chi connectivity index (χ3n) is 9.83. The van der Waals surface area contributed by atoms with Crippen molar-refractivity contribution >= 4 is 55.2 Å². The molecule has 2 aromatic heterocycles. The summed E-state index contributed by atoms with van der Waals surface area (Å²) in [5, 5.41) is 12.3. The largest absolute Gasteiger partial charge is 0.349 e. The van der Waals surface area contributed by atoms with Crippen molar-refractivity contribution in [2.75, 3.05) is 0 Å². The van der Waals surface area contributed by atoms with Gasteiger partial charge in [0.05, 0.1) is 27.8 Å². The lowest BCUT2D eigenvalue weighted by Crippen LogP contribution is -2.54. The van der Waals surface area contributed by atoms with Crippen molar-refractivity contribution in [2.24, 2.45) is 9.98 Å². The van der Waals surface area contributed by atoms with E-state index in [1.165, 1.54) is 38.1 Å². The number of rotatable bonds is 5. The SMILES string of the molecule is C1=CC(n2c3ccccc3c3ccc4c5ccccc5n(-c5ccccc5)c4c32)N=C1C1NC(c2ccccc2)=NC(c2ccccc2)N1. The summed E-state index contributed by atoms with van der Waals surface area (Å²) in [6, 6.07) is 53.4. The number of nitrogens with zero attached hydrogens (tertiary/aromatic N) is 4. The van der Waals surface area contributed by atoms with Crippen LogP contribution in [-0.2, 0) is 0 Å². The first-order valence-electron chi connectivity index (χ1n) is 16.8. The number of fused-ring (bicyclic) bond motifs is 7. The summed E-state index contributed by atoms with van der Waals surface area (Å²) in [5.41, 5.74) is 8.96. The van der Waals surface area contributed by atoms with E-state index in [1.807, 2.05) is 12.1 Å². The number of para-hydroxylation sites is 3. The van der Waals surface area contributed by atoms with Crippen LogP contribution in [0.5, 0.6) is 0 Å². The lowest BCUT2D eigenvalue weighted by Gasteiger charge is -2.31. The average molecular weight is 633 g/mol. The van der Waals surface area contributed by atoms with Gasteiger partial charge in [-0.15, -0.1) is 0 Å². The molecule has 0 radical (unpaired) electrons. The van der Waals surface area contributed by atoms with Crippen LogP contribution in [0, 0.1) is 0 Å². The Morgan fingerprint density at radius 1 is 0.531 bits per heavy atom. The highest BCUT2D eigenvalue weighted by molar-refractivity contribution is 6.23. The maximum Gasteiger partial charge on any atom is 0.145 e. The zero-order valence-corrected chi connectivity index (χ0v) is 26.6. The van der Waals surface area contributed by atoms with Crippen molar-refractivity contribution in [3.63, 3.8) is 0 Å². The first-order valence-corrected chi connectivity index (χ1v) is 16.8. The van der Waals surface area contributed by atoms with Crippen molar-refractivity contribution in [1.29, 1.82) is 0 Å². The zero-order valence-electron chi connectivity index (χ0n) is 26.6. The molecular formula is C43H32N6. The number of aromatic nitrogens is 2. The van der Waals surface area contributed by atoms with Gasteiger partial charge >= 0.3 is 0 Å². The van der Waals surface area contributed by atoms with Gasteiger partial charge in [0.2, 0.25) is 0 Å². The van der Waals surface area contributed by atoms with Crippen molar-refractivity contribution in [1.82, 2.24) is 19.8 Å². The molecule has 0 saturated heterocycles. The van der Waals surface area contributed by atoms with Crippen LogP contribution in [-0.4, -0.2) is 26.8 Å². The summed E-state index contributed by atoms with van der Waals surface area (Å²) in [6.45, 7) is 0. The lowest BCUT2D eigenvalue weighted by atomic mass is 10.1. The molecule has 6 heteroatoms. The highest BCUT2D eigenvalue weighted by atomic mass is 15.3. The Kier molecular flexibility index (Phi) is 6.35. The quantitative estimate of drug-likeness (QED) is 0.199. The van der Waals surface area contributed by atoms with Gasteiger partial charge in [-0.3, -0.25) is 10.3 Å². The van der Waals surface area contributed by atoms with E-state index in [1.54, 1.807) is 0 Å². The molecule has 6 aromatic carbocycles. The van der Waals surface area contributed by atoms with Crippen LogP contribution in [0.15, 0.2) is 174 Å². The number of amidine groups is 1. The minimum absolute atomic E-state index is 0.216. The molecule has 0 bridgehead atoms. The highest BCUT2D eigenvalue weighted by Gasteiger charge is 2.30. The summed E-state index contributed by atoms with van der Waals surface area (Å²) in [4.78, 5) is 10.5. The Morgan fingerprint density at radius 2 is 1.14 bits per heavy atom. The third kappa shape index (κ3) is 4.45. The van der Waals surface area contributed by atoms with Crippen molar-refractivity contribution < 1.29 is 0 Å². The van der Waals surface area contributed by atoms with Crippen LogP contribution >= 0.6 is 0 Å². The molecule has 234 valence electrons. The van der Waals surface area contributed by atoms with Gasteiger partial charge in [-0.2, -0.15) is 0 Å². The van der Waals surface area contributed by atoms with Crippen LogP contribution in [0.1, 0.15) is 23.5 Å². The van der Waals surface area contributed by atoms with Gasteiger partial charge in [0.15, 0.2) is 0 Å². The van der Waals surface area contributed by atoms with E-state index in [4.69, 9.17) is 9.98 Å². The van der Waals surface area contributed by atoms with E-state index < -0.39 is 0 Å². The number of aliphatic imine (C=N–C) groups is 2. The normalized spacial score (nSPS) is 19.1.